The Bertz CT molecular complexity index is 291. The minimum absolute atomic E-state index is 0.264. The molecule has 0 fully saturated rings. The maximum atomic E-state index is 12.8. The van der Waals surface area contributed by atoms with Gasteiger partial charge in [0.05, 0.1) is 7.11 Å². The third-order valence-corrected chi connectivity index (χ3v) is 1.85. The van der Waals surface area contributed by atoms with Gasteiger partial charge in [0.15, 0.2) is 0 Å². The third kappa shape index (κ3) is 2.17. The fraction of sp³-hybridized carbons (Fsp3) is 0.333. The summed E-state index contributed by atoms with van der Waals surface area (Å²) in [5, 5.41) is 0. The Kier molecular flexibility index (Phi) is 3.22. The Labute approximate surface area is 76.5 Å². The maximum Gasteiger partial charge on any atom is 0.123 e. The van der Waals surface area contributed by atoms with Crippen molar-refractivity contribution in [2.45, 2.75) is 6.04 Å². The van der Waals surface area contributed by atoms with Crippen LogP contribution in [-0.4, -0.2) is 13.7 Å². The minimum Gasteiger partial charge on any atom is -0.496 e. The molecule has 0 saturated carbocycles. The Morgan fingerprint density at radius 3 is 2.77 bits per heavy atom. The predicted octanol–water partition coefficient (Wildman–Crippen LogP) is 0.793. The lowest BCUT2D eigenvalue weighted by Gasteiger charge is -2.13. The molecule has 0 bridgehead atoms. The van der Waals surface area contributed by atoms with Crippen LogP contribution in [0.5, 0.6) is 5.75 Å². The van der Waals surface area contributed by atoms with Gasteiger partial charge in [-0.1, -0.05) is 0 Å². The summed E-state index contributed by atoms with van der Waals surface area (Å²) in [4.78, 5) is 0. The van der Waals surface area contributed by atoms with E-state index in [-0.39, 0.29) is 18.4 Å². The number of hydrogen-bond acceptors (Lipinski definition) is 3. The van der Waals surface area contributed by atoms with Crippen LogP contribution in [0.1, 0.15) is 11.6 Å². The second kappa shape index (κ2) is 4.20. The van der Waals surface area contributed by atoms with Crippen LogP contribution in [0.15, 0.2) is 18.2 Å². The Morgan fingerprint density at radius 1 is 1.54 bits per heavy atom. The van der Waals surface area contributed by atoms with Crippen molar-refractivity contribution in [3.05, 3.63) is 29.6 Å². The molecule has 1 atom stereocenters. The van der Waals surface area contributed by atoms with Crippen LogP contribution in [0.2, 0.25) is 0 Å². The van der Waals surface area contributed by atoms with Crippen molar-refractivity contribution in [1.29, 1.82) is 0 Å². The van der Waals surface area contributed by atoms with Gasteiger partial charge in [-0.15, -0.1) is 0 Å². The zero-order chi connectivity index (χ0) is 9.84. The minimum atomic E-state index is -0.384. The topological polar surface area (TPSA) is 61.3 Å². The van der Waals surface area contributed by atoms with E-state index in [4.69, 9.17) is 16.2 Å². The zero-order valence-electron chi connectivity index (χ0n) is 7.46. The molecule has 13 heavy (non-hydrogen) atoms. The smallest absolute Gasteiger partial charge is 0.123 e. The molecule has 4 heteroatoms. The van der Waals surface area contributed by atoms with Gasteiger partial charge in [0.25, 0.3) is 0 Å². The highest BCUT2D eigenvalue weighted by Gasteiger charge is 2.10. The first-order valence-corrected chi connectivity index (χ1v) is 3.98. The lowest BCUT2D eigenvalue weighted by Crippen LogP contribution is -2.21. The summed E-state index contributed by atoms with van der Waals surface area (Å²) >= 11 is 0. The summed E-state index contributed by atoms with van der Waals surface area (Å²) in [5.74, 6) is 0.235. The van der Waals surface area contributed by atoms with Crippen LogP contribution < -0.4 is 16.2 Å². The molecule has 0 aliphatic heterocycles. The maximum absolute atomic E-state index is 12.8. The van der Waals surface area contributed by atoms with Gasteiger partial charge in [0.1, 0.15) is 11.6 Å². The molecule has 3 nitrogen and oxygen atoms in total. The van der Waals surface area contributed by atoms with Gasteiger partial charge in [-0.2, -0.15) is 0 Å². The molecule has 72 valence electrons. The number of methoxy groups -OCH3 is 1. The van der Waals surface area contributed by atoms with Crippen LogP contribution in [0.3, 0.4) is 0 Å². The molecule has 0 aliphatic rings. The van der Waals surface area contributed by atoms with Crippen LogP contribution in [0, 0.1) is 5.82 Å². The van der Waals surface area contributed by atoms with Gasteiger partial charge in [0, 0.05) is 18.2 Å². The highest BCUT2D eigenvalue weighted by atomic mass is 19.1. The van der Waals surface area contributed by atoms with Crippen LogP contribution >= 0.6 is 0 Å². The van der Waals surface area contributed by atoms with Crippen molar-refractivity contribution in [3.63, 3.8) is 0 Å². The predicted molar refractivity (Wildman–Crippen MR) is 48.9 cm³/mol. The molecule has 0 saturated heterocycles. The first kappa shape index (κ1) is 9.95. The summed E-state index contributed by atoms with van der Waals surface area (Å²) in [6.07, 6.45) is 0. The molecule has 0 aromatic heterocycles. The zero-order valence-corrected chi connectivity index (χ0v) is 7.46. The SMILES string of the molecule is COc1ccc(F)cc1[C@H](N)CN. The Balaban J connectivity index is 3.07. The lowest BCUT2D eigenvalue weighted by molar-refractivity contribution is 0.404. The van der Waals surface area contributed by atoms with E-state index >= 15 is 0 Å². The average Bonchev–Trinajstić information content (AvgIpc) is 2.16. The molecule has 1 aromatic rings. The van der Waals surface area contributed by atoms with Crippen molar-refractivity contribution in [2.75, 3.05) is 13.7 Å². The van der Waals surface area contributed by atoms with Gasteiger partial charge >= 0.3 is 0 Å². The molecule has 4 N–H and O–H groups in total. The van der Waals surface area contributed by atoms with Crippen molar-refractivity contribution >= 4 is 0 Å². The van der Waals surface area contributed by atoms with E-state index in [0.717, 1.165) is 0 Å². The molecule has 0 radical (unpaired) electrons. The second-order valence-corrected chi connectivity index (χ2v) is 2.73. The Morgan fingerprint density at radius 2 is 2.23 bits per heavy atom. The quantitative estimate of drug-likeness (QED) is 0.730. The van der Waals surface area contributed by atoms with E-state index in [9.17, 15) is 4.39 Å². The Hall–Kier alpha value is -1.13. The third-order valence-electron chi connectivity index (χ3n) is 1.85. The van der Waals surface area contributed by atoms with E-state index in [1.54, 1.807) is 6.07 Å². The molecule has 0 heterocycles. The second-order valence-electron chi connectivity index (χ2n) is 2.73. The number of nitrogens with two attached hydrogens (primary N) is 2. The number of rotatable bonds is 3. The molecule has 1 rings (SSSR count). The molecule has 1 aromatic carbocycles. The van der Waals surface area contributed by atoms with Crippen molar-refractivity contribution in [3.8, 4) is 5.75 Å². The fourth-order valence-corrected chi connectivity index (χ4v) is 1.12. The van der Waals surface area contributed by atoms with E-state index in [1.165, 1.54) is 19.2 Å². The first-order chi connectivity index (χ1) is 6.19. The van der Waals surface area contributed by atoms with Crippen LogP contribution in [-0.2, 0) is 0 Å². The van der Waals surface area contributed by atoms with Crippen molar-refractivity contribution < 1.29 is 9.13 Å². The van der Waals surface area contributed by atoms with Crippen LogP contribution in [0.25, 0.3) is 0 Å². The summed E-state index contributed by atoms with van der Waals surface area (Å²) in [5.41, 5.74) is 11.6. The standard InChI is InChI=1S/C9H13FN2O/c1-13-9-3-2-6(10)4-7(9)8(12)5-11/h2-4,8H,5,11-12H2,1H3/t8-/m1/s1. The monoisotopic (exact) mass is 184 g/mol. The van der Waals surface area contributed by atoms with Crippen molar-refractivity contribution in [2.24, 2.45) is 11.5 Å². The summed E-state index contributed by atoms with van der Waals surface area (Å²) in [6, 6.07) is 3.83. The van der Waals surface area contributed by atoms with E-state index in [1.807, 2.05) is 0 Å². The van der Waals surface area contributed by atoms with Gasteiger partial charge in [0.2, 0.25) is 0 Å². The summed E-state index contributed by atoms with van der Waals surface area (Å²) in [7, 11) is 1.51. The van der Waals surface area contributed by atoms with E-state index in [2.05, 4.69) is 0 Å². The number of ether oxygens (including phenoxy) is 1. The largest absolute Gasteiger partial charge is 0.496 e. The van der Waals surface area contributed by atoms with Crippen molar-refractivity contribution in [1.82, 2.24) is 0 Å². The first-order valence-electron chi connectivity index (χ1n) is 3.98. The number of benzene rings is 1. The number of halogens is 1. The molecule has 0 unspecified atom stereocenters. The average molecular weight is 184 g/mol. The highest BCUT2D eigenvalue weighted by Crippen LogP contribution is 2.23. The lowest BCUT2D eigenvalue weighted by atomic mass is 10.1. The molecule has 0 spiro atoms. The molecule has 0 amide bonds. The molecular weight excluding hydrogens is 171 g/mol. The van der Waals surface area contributed by atoms with Crippen LogP contribution in [0.4, 0.5) is 4.39 Å². The van der Waals surface area contributed by atoms with E-state index < -0.39 is 0 Å². The van der Waals surface area contributed by atoms with Gasteiger partial charge in [-0.25, -0.2) is 4.39 Å². The normalized spacial score (nSPS) is 12.6. The van der Waals surface area contributed by atoms with Gasteiger partial charge in [-0.05, 0) is 18.2 Å². The van der Waals surface area contributed by atoms with E-state index in [0.29, 0.717) is 11.3 Å². The highest BCUT2D eigenvalue weighted by molar-refractivity contribution is 5.36. The van der Waals surface area contributed by atoms with Gasteiger partial charge in [-0.3, -0.25) is 0 Å². The van der Waals surface area contributed by atoms with Gasteiger partial charge < -0.3 is 16.2 Å². The molecule has 0 aliphatic carbocycles. The summed E-state index contributed by atoms with van der Waals surface area (Å²) in [6.45, 7) is 0.264. The number of hydrogen-bond donors (Lipinski definition) is 2. The summed E-state index contributed by atoms with van der Waals surface area (Å²) < 4.78 is 17.8. The molecular formula is C9H13FN2O. The fourth-order valence-electron chi connectivity index (χ4n) is 1.12.